The van der Waals surface area contributed by atoms with Crippen molar-refractivity contribution in [2.75, 3.05) is 0 Å². The van der Waals surface area contributed by atoms with Crippen LogP contribution in [0.25, 0.3) is 0 Å². The van der Waals surface area contributed by atoms with Crippen molar-refractivity contribution in [3.63, 3.8) is 0 Å². The Bertz CT molecular complexity index is 494. The number of rotatable bonds is 34. The van der Waals surface area contributed by atoms with E-state index in [4.69, 9.17) is 0 Å². The second-order valence-corrected chi connectivity index (χ2v) is 19.0. The molecule has 0 fully saturated rings. The van der Waals surface area contributed by atoms with Gasteiger partial charge in [0.2, 0.25) is 0 Å². The zero-order chi connectivity index (χ0) is 33.9. The summed E-state index contributed by atoms with van der Waals surface area (Å²) in [5.74, 6) is -1.82. The molecule has 0 N–H and O–H groups in total. The van der Waals surface area contributed by atoms with E-state index in [0.717, 1.165) is 25.7 Å². The molecule has 0 aromatic rings. The summed E-state index contributed by atoms with van der Waals surface area (Å²) in [5, 5.41) is 20.2. The summed E-state index contributed by atoms with van der Waals surface area (Å²) in [4.78, 5) is 20.2. The van der Waals surface area contributed by atoms with Crippen LogP contribution in [0, 0.1) is 0 Å². The Morgan fingerprint density at radius 3 is 0.756 bits per heavy atom. The maximum absolute atomic E-state index is 10.1. The van der Waals surface area contributed by atoms with Gasteiger partial charge in [-0.15, -0.1) is 0 Å². The van der Waals surface area contributed by atoms with E-state index in [1.54, 1.807) is 20.8 Å². The second-order valence-electron chi connectivity index (χ2n) is 13.2. The summed E-state index contributed by atoms with van der Waals surface area (Å²) in [6.07, 6.45) is 40.2. The van der Waals surface area contributed by atoms with E-state index < -0.39 is 11.9 Å². The molecule has 0 radical (unpaired) electrons. The van der Waals surface area contributed by atoms with Crippen molar-refractivity contribution in [2.45, 2.75) is 241 Å². The minimum atomic E-state index is -0.909. The van der Waals surface area contributed by atoms with Gasteiger partial charge in [-0.25, -0.2) is 0 Å². The SMILES string of the molecule is CCCCCCCCCCCC(=O)[O-].CCCCCCCCCCCC(=O)[O-].CCCCCCC[CH2][Pb+2][CH2]CCCCCCC. The fraction of sp³-hybridized carbons (Fsp3) is 0.950. The molecule has 0 aliphatic heterocycles. The monoisotopic (exact) mass is 833 g/mol. The summed E-state index contributed by atoms with van der Waals surface area (Å²) in [6.45, 7) is 9.05. The molecule has 4 nitrogen and oxygen atoms in total. The summed E-state index contributed by atoms with van der Waals surface area (Å²) >= 11 is -0.130. The van der Waals surface area contributed by atoms with E-state index in [1.807, 2.05) is 0 Å². The number of carbonyl (C=O) groups is 2. The molecule has 0 heterocycles. The zero-order valence-electron chi connectivity index (χ0n) is 31.2. The van der Waals surface area contributed by atoms with Crippen molar-refractivity contribution in [1.82, 2.24) is 0 Å². The van der Waals surface area contributed by atoms with Gasteiger partial charge in [-0.2, -0.15) is 0 Å². The molecule has 0 saturated carbocycles. The van der Waals surface area contributed by atoms with Gasteiger partial charge in [0.15, 0.2) is 0 Å². The van der Waals surface area contributed by atoms with Gasteiger partial charge in [0, 0.05) is 11.9 Å². The Hall–Kier alpha value is -0.138. The van der Waals surface area contributed by atoms with Crippen LogP contribution in [0.4, 0.5) is 0 Å². The van der Waals surface area contributed by atoms with Crippen molar-refractivity contribution in [3.05, 3.63) is 0 Å². The van der Waals surface area contributed by atoms with E-state index in [0.29, 0.717) is 0 Å². The molecule has 0 spiro atoms. The Morgan fingerprint density at radius 1 is 0.333 bits per heavy atom. The normalized spacial score (nSPS) is 10.4. The molecular formula is C40H80O4Pb. The molecule has 0 atom stereocenters. The topological polar surface area (TPSA) is 80.3 Å². The van der Waals surface area contributed by atoms with Gasteiger partial charge in [-0.1, -0.05) is 117 Å². The third-order valence-electron chi connectivity index (χ3n) is 8.38. The first-order chi connectivity index (χ1) is 22.0. The first-order valence-corrected chi connectivity index (χ1v) is 25.6. The molecule has 0 amide bonds. The number of carboxylic acids is 2. The van der Waals surface area contributed by atoms with Crippen LogP contribution < -0.4 is 10.2 Å². The number of hydrogen-bond donors (Lipinski definition) is 0. The van der Waals surface area contributed by atoms with Crippen LogP contribution in [0.15, 0.2) is 0 Å². The minimum absolute atomic E-state index is 0.130. The van der Waals surface area contributed by atoms with Crippen LogP contribution in [0.1, 0.15) is 233 Å². The van der Waals surface area contributed by atoms with Gasteiger partial charge in [-0.3, -0.25) is 0 Å². The third kappa shape index (κ3) is 59.8. The molecule has 45 heavy (non-hydrogen) atoms. The Morgan fingerprint density at radius 2 is 0.533 bits per heavy atom. The molecule has 0 bridgehead atoms. The number of carbonyl (C=O) groups excluding carboxylic acids is 2. The van der Waals surface area contributed by atoms with Crippen molar-refractivity contribution in [3.8, 4) is 0 Å². The van der Waals surface area contributed by atoms with Crippen LogP contribution in [0.3, 0.4) is 0 Å². The number of unbranched alkanes of at least 4 members (excludes halogenated alkanes) is 26. The van der Waals surface area contributed by atoms with E-state index in [9.17, 15) is 19.8 Å². The first-order valence-electron chi connectivity index (χ1n) is 20.1. The van der Waals surface area contributed by atoms with Crippen molar-refractivity contribution < 1.29 is 19.8 Å². The van der Waals surface area contributed by atoms with E-state index in [2.05, 4.69) is 27.7 Å². The Labute approximate surface area is 295 Å². The maximum atomic E-state index is 10.1. The summed E-state index contributed by atoms with van der Waals surface area (Å²) in [5.41, 5.74) is 0. The van der Waals surface area contributed by atoms with Crippen molar-refractivity contribution in [2.24, 2.45) is 0 Å². The Balaban J connectivity index is -0.000000592. The molecular weight excluding hydrogens is 752 g/mol. The van der Waals surface area contributed by atoms with Gasteiger partial charge >= 0.3 is 123 Å². The zero-order valence-corrected chi connectivity index (χ0v) is 35.1. The number of hydrogen-bond acceptors (Lipinski definition) is 4. The van der Waals surface area contributed by atoms with Gasteiger partial charge in [0.05, 0.1) is 0 Å². The summed E-state index contributed by atoms with van der Waals surface area (Å²) in [7, 11) is 0. The van der Waals surface area contributed by atoms with Gasteiger partial charge in [0.1, 0.15) is 0 Å². The van der Waals surface area contributed by atoms with E-state index in [1.165, 1.54) is 154 Å². The molecule has 268 valence electrons. The van der Waals surface area contributed by atoms with Crippen LogP contribution in [-0.4, -0.2) is 36.2 Å². The van der Waals surface area contributed by atoms with Gasteiger partial charge in [-0.05, 0) is 25.7 Å². The third-order valence-corrected chi connectivity index (χ3v) is 13.9. The average Bonchev–Trinajstić information content (AvgIpc) is 3.02. The predicted octanol–water partition coefficient (Wildman–Crippen LogP) is 11.6. The van der Waals surface area contributed by atoms with E-state index in [-0.39, 0.29) is 37.1 Å². The Kier molecular flexibility index (Phi) is 52.8. The van der Waals surface area contributed by atoms with E-state index >= 15 is 0 Å². The molecule has 0 aliphatic rings. The summed E-state index contributed by atoms with van der Waals surface area (Å²) in [6, 6.07) is 0. The molecule has 0 aliphatic carbocycles. The number of carboxylic acid groups (broad SMARTS) is 2. The molecule has 0 rings (SSSR count). The van der Waals surface area contributed by atoms with Crippen LogP contribution in [0.5, 0.6) is 0 Å². The molecule has 0 aromatic heterocycles. The fourth-order valence-corrected chi connectivity index (χ4v) is 10.2. The fourth-order valence-electron chi connectivity index (χ4n) is 5.35. The average molecular weight is 832 g/mol. The van der Waals surface area contributed by atoms with Crippen molar-refractivity contribution >= 4 is 36.2 Å². The van der Waals surface area contributed by atoms with Gasteiger partial charge in [0.25, 0.3) is 0 Å². The van der Waals surface area contributed by atoms with Crippen molar-refractivity contribution in [1.29, 1.82) is 0 Å². The predicted molar refractivity (Wildman–Crippen MR) is 196 cm³/mol. The second kappa shape index (κ2) is 48.3. The standard InChI is InChI=1S/2C12H24O2.2C8H17.Pb/c2*1-2-3-4-5-6-7-8-9-10-11-12(13)14;2*1-3-5-7-8-6-4-2;/h2*2-11H2,1H3,(H,13,14);2*1,3-8H2,2H3;/q;;;;+2/p-2. The van der Waals surface area contributed by atoms with Crippen LogP contribution in [0.2, 0.25) is 7.96 Å². The van der Waals surface area contributed by atoms with Crippen LogP contribution in [-0.2, 0) is 9.59 Å². The molecule has 0 saturated heterocycles. The molecule has 0 aromatic carbocycles. The molecule has 5 heteroatoms. The first kappa shape index (κ1) is 49.3. The summed E-state index contributed by atoms with van der Waals surface area (Å²) < 4.78 is 3.36. The van der Waals surface area contributed by atoms with Crippen LogP contribution >= 0.6 is 0 Å². The quantitative estimate of drug-likeness (QED) is 0.0478. The number of aliphatic carboxylic acids is 2. The van der Waals surface area contributed by atoms with Gasteiger partial charge < -0.3 is 19.8 Å². The molecule has 0 unspecified atom stereocenters.